The summed E-state index contributed by atoms with van der Waals surface area (Å²) < 4.78 is 0. The van der Waals surface area contributed by atoms with Crippen molar-refractivity contribution in [3.05, 3.63) is 35.9 Å². The molecule has 0 aromatic heterocycles. The van der Waals surface area contributed by atoms with E-state index in [-0.39, 0.29) is 160 Å². The van der Waals surface area contributed by atoms with Crippen molar-refractivity contribution in [3.63, 3.8) is 0 Å². The molecule has 0 unspecified atom stereocenters. The third-order valence-corrected chi connectivity index (χ3v) is 22.6. The van der Waals surface area contributed by atoms with Gasteiger partial charge in [0.15, 0.2) is 23.8 Å². The van der Waals surface area contributed by atoms with Crippen molar-refractivity contribution in [2.24, 2.45) is 40.1 Å². The zero-order valence-corrected chi connectivity index (χ0v) is 78.8. The maximum Gasteiger partial charge on any atom is 0.326 e. The summed E-state index contributed by atoms with van der Waals surface area (Å²) in [5, 5.41) is 107. The normalized spacial score (nSPS) is 17.1. The number of hydrogen-bond acceptors (Lipinski definition) is 29. The van der Waals surface area contributed by atoms with Crippen molar-refractivity contribution < 1.29 is 102 Å². The number of guanidine groups is 4. The smallest absolute Gasteiger partial charge is 0.326 e. The quantitative estimate of drug-likeness (QED) is 0.0125. The SMILES string of the molecule is C[C@H](NC(=O)[C@H](CCCNC(=N)N)NC(=O)[C@H](CS)NC(=O)[C@H](C)NC(=O)[C@@H]1CCCN1C(=O)[C@@H](NC(=O)[C@@H](NC(=O)[C@H](C)NC(=O)[C@@H]1CCCN1C(=O)[C@H](CCCNC(=N)N)NC(=O)[C@H](CCCNC(=N)N)NC(=O)[C@H](CS)NC(=O)[C@@H](N)CCCNC(=N)N)[C@@H](C)O)[C@@H](C)O)C(=O)N[C@@H](CS)C(=O)N[C@@H](CCCCN)C(=O)N[C@@H](CCC(N)=O)C(=O)N[C@@H](Cc1ccccc1)C(=O)O. The number of carbonyl (C=O) groups excluding carboxylic acids is 17. The fraction of sp³-hybridized carbons (Fsp3) is 0.650. The number of unbranched alkanes of at least 4 members (excludes halogenated alkanes) is 1. The molecular formula is C80H137N31O21S3. The van der Waals surface area contributed by atoms with E-state index in [1.165, 1.54) is 25.7 Å². The Morgan fingerprint density at radius 3 is 1.10 bits per heavy atom. The molecule has 2 aliphatic rings. The average Bonchev–Trinajstić information content (AvgIpc) is 1.70. The third kappa shape index (κ3) is 42.0. The summed E-state index contributed by atoms with van der Waals surface area (Å²) in [5.74, 6) is -20.0. The lowest BCUT2D eigenvalue weighted by atomic mass is 10.0. The van der Waals surface area contributed by atoms with E-state index < -0.39 is 251 Å². The summed E-state index contributed by atoms with van der Waals surface area (Å²) >= 11 is 12.7. The predicted octanol–water partition coefficient (Wildman–Crippen LogP) is -11.5. The number of carboxylic acid groups (broad SMARTS) is 1. The summed E-state index contributed by atoms with van der Waals surface area (Å²) in [5.41, 5.74) is 39.5. The number of primary amides is 1. The number of benzene rings is 1. The van der Waals surface area contributed by atoms with Gasteiger partial charge in [0.2, 0.25) is 100 Å². The number of likely N-dealkylation sites (tertiary alicyclic amines) is 2. The predicted molar refractivity (Wildman–Crippen MR) is 502 cm³/mol. The monoisotopic (exact) mass is 1960 g/mol. The number of amides is 17. The highest BCUT2D eigenvalue weighted by atomic mass is 32.1. The minimum atomic E-state index is -1.90. The van der Waals surface area contributed by atoms with Crippen LogP contribution in [0.15, 0.2) is 30.3 Å². The Morgan fingerprint density at radius 1 is 0.385 bits per heavy atom. The highest BCUT2D eigenvalue weighted by molar-refractivity contribution is 7.80. The van der Waals surface area contributed by atoms with Crippen molar-refractivity contribution in [1.82, 2.24) is 106 Å². The van der Waals surface area contributed by atoms with E-state index in [0.717, 1.165) is 18.7 Å². The standard InChI is InChI=1S/C80H137N31O21S3/c1-39(60(115)105-52(36-133)68(123)99-46(20-9-10-28-81)65(120)102-49(26-27-57(83)114)67(122)104-51(76(131)132)35-44-17-7-6-8-18-44)96-64(119)47(21-12-30-93-78(86)87)100-69(124)53(37-134)106-61(116)40(2)97-72(127)56-25-16-34-111(56)75(130)59(43(5)113)109-73(128)58(42(4)112)108-62(117)41(3)98-71(126)55-24-15-33-110(55)74(129)50(23-14-32-95-80(90)91)103-66(121)48(22-13-31-94-79(88)89)101-70(125)54(38-135)107-63(118)45(82)19-11-29-92-77(84)85/h6-8,17-18,39-43,45-56,58-59,112-113,133-135H,9-16,19-38,81-82H2,1-5H3,(H2,83,114)(H,96,119)(H,97,127)(H,98,126)(H,99,123)(H,100,124)(H,101,125)(H,102,120)(H,103,121)(H,104,122)(H,105,115)(H,106,116)(H,107,118)(H,108,117)(H,109,128)(H,131,132)(H4,84,85,92)(H4,86,87,93)(H4,88,89,94)(H4,90,91,95)/t39-,40-,41-,42+,43+,45-,46-,47-,48-,49-,50-,51-,52-,53-,54-,55-,56-,58-,59-/m0/s1. The number of nitrogens with two attached hydrogens (primary N) is 7. The lowest BCUT2D eigenvalue weighted by Crippen LogP contribution is -2.63. The molecule has 19 atom stereocenters. The van der Waals surface area contributed by atoms with E-state index in [4.69, 9.17) is 61.8 Å². The molecule has 0 radical (unpaired) electrons. The molecule has 2 heterocycles. The van der Waals surface area contributed by atoms with Gasteiger partial charge in [0.25, 0.3) is 0 Å². The molecular weight excluding hydrogens is 1830 g/mol. The molecule has 2 aliphatic heterocycles. The second kappa shape index (κ2) is 60.8. The molecule has 0 saturated carbocycles. The minimum absolute atomic E-state index is 0.00186. The Morgan fingerprint density at radius 2 is 0.711 bits per heavy atom. The van der Waals surface area contributed by atoms with Crippen LogP contribution in [0.3, 0.4) is 0 Å². The molecule has 135 heavy (non-hydrogen) atoms. The lowest BCUT2D eigenvalue weighted by molar-refractivity contribution is -0.145. The topological polar surface area (TPSA) is 869 Å². The van der Waals surface area contributed by atoms with Crippen molar-refractivity contribution in [3.8, 4) is 0 Å². The maximum absolute atomic E-state index is 14.7. The third-order valence-electron chi connectivity index (χ3n) is 21.5. The van der Waals surface area contributed by atoms with E-state index in [1.54, 1.807) is 30.3 Å². The summed E-state index contributed by atoms with van der Waals surface area (Å²) in [6.45, 7) is 6.27. The van der Waals surface area contributed by atoms with Crippen LogP contribution in [-0.4, -0.2) is 333 Å². The molecule has 2 fully saturated rings. The molecule has 39 N–H and O–H groups in total. The average molecular weight is 1970 g/mol. The molecule has 17 amide bonds. The maximum atomic E-state index is 14.7. The van der Waals surface area contributed by atoms with Crippen LogP contribution in [0, 0.1) is 21.6 Å². The molecule has 0 aliphatic carbocycles. The van der Waals surface area contributed by atoms with Crippen LogP contribution < -0.4 is 136 Å². The van der Waals surface area contributed by atoms with Gasteiger partial charge in [0.1, 0.15) is 96.7 Å². The number of carbonyl (C=O) groups is 18. The van der Waals surface area contributed by atoms with Crippen LogP contribution in [0.5, 0.6) is 0 Å². The molecule has 0 spiro atoms. The van der Waals surface area contributed by atoms with Crippen LogP contribution in [0.4, 0.5) is 0 Å². The van der Waals surface area contributed by atoms with Crippen molar-refractivity contribution >= 4 is 168 Å². The fourth-order valence-corrected chi connectivity index (χ4v) is 14.7. The van der Waals surface area contributed by atoms with Crippen LogP contribution in [0.1, 0.15) is 149 Å². The summed E-state index contributed by atoms with van der Waals surface area (Å²) in [6.07, 6.45) is -3.08. The molecule has 0 bridgehead atoms. The lowest BCUT2D eigenvalue weighted by Gasteiger charge is -2.32. The minimum Gasteiger partial charge on any atom is -0.480 e. The van der Waals surface area contributed by atoms with E-state index in [1.807, 2.05) is 0 Å². The van der Waals surface area contributed by atoms with Crippen LogP contribution in [0.25, 0.3) is 0 Å². The van der Waals surface area contributed by atoms with Gasteiger partial charge in [-0.15, -0.1) is 0 Å². The number of thiol groups is 3. The van der Waals surface area contributed by atoms with Gasteiger partial charge in [-0.2, -0.15) is 37.9 Å². The highest BCUT2D eigenvalue weighted by Crippen LogP contribution is 2.23. The molecule has 52 nitrogen and oxygen atoms in total. The molecule has 1 aromatic rings. The number of aliphatic hydroxyl groups is 2. The zero-order chi connectivity index (χ0) is 101. The van der Waals surface area contributed by atoms with Gasteiger partial charge < -0.3 is 161 Å². The first-order valence-electron chi connectivity index (χ1n) is 44.1. The summed E-state index contributed by atoms with van der Waals surface area (Å²) in [6, 6.07) is -16.8. The number of nitrogens with one attached hydrogen (secondary N) is 22. The van der Waals surface area contributed by atoms with Gasteiger partial charge in [0.05, 0.1) is 18.2 Å². The van der Waals surface area contributed by atoms with Gasteiger partial charge in [-0.3, -0.25) is 103 Å². The molecule has 3 rings (SSSR count). The Balaban J connectivity index is 1.74. The van der Waals surface area contributed by atoms with Gasteiger partial charge >= 0.3 is 5.97 Å². The van der Waals surface area contributed by atoms with Crippen molar-refractivity contribution in [2.45, 2.75) is 265 Å². The first kappa shape index (κ1) is 117. The molecule has 55 heteroatoms. The first-order chi connectivity index (χ1) is 63.7. The number of carboxylic acids is 1. The fourth-order valence-electron chi connectivity index (χ4n) is 13.9. The van der Waals surface area contributed by atoms with E-state index >= 15 is 0 Å². The van der Waals surface area contributed by atoms with E-state index in [0.29, 0.717) is 18.4 Å². The number of aliphatic carboxylic acids is 1. The van der Waals surface area contributed by atoms with Gasteiger partial charge in [0, 0.05) is 69.4 Å². The Bertz CT molecular complexity index is 4250. The number of aliphatic hydroxyl groups excluding tert-OH is 2. The van der Waals surface area contributed by atoms with Gasteiger partial charge in [-0.1, -0.05) is 30.3 Å². The summed E-state index contributed by atoms with van der Waals surface area (Å²) in [4.78, 5) is 251. The van der Waals surface area contributed by atoms with E-state index in [9.17, 15) is 102 Å². The van der Waals surface area contributed by atoms with Crippen molar-refractivity contribution in [1.29, 1.82) is 21.6 Å². The van der Waals surface area contributed by atoms with Crippen LogP contribution >= 0.6 is 37.9 Å². The molecule has 2 saturated heterocycles. The Labute approximate surface area is 797 Å². The molecule has 756 valence electrons. The largest absolute Gasteiger partial charge is 0.480 e. The first-order valence-corrected chi connectivity index (χ1v) is 46.0. The van der Waals surface area contributed by atoms with E-state index in [2.05, 4.69) is 134 Å². The van der Waals surface area contributed by atoms with Crippen LogP contribution in [0.2, 0.25) is 0 Å². The van der Waals surface area contributed by atoms with Gasteiger partial charge in [-0.05, 0) is 149 Å². The van der Waals surface area contributed by atoms with Crippen LogP contribution in [-0.2, 0) is 92.7 Å². The number of hydrogen-bond donors (Lipinski definition) is 35. The Hall–Kier alpha value is -12.4. The number of rotatable bonds is 61. The zero-order valence-electron chi connectivity index (χ0n) is 76.1. The second-order valence-corrected chi connectivity index (χ2v) is 33.6. The Kier molecular flexibility index (Phi) is 52.6. The summed E-state index contributed by atoms with van der Waals surface area (Å²) in [7, 11) is 0. The molecule has 1 aromatic carbocycles. The van der Waals surface area contributed by atoms with Gasteiger partial charge in [-0.25, -0.2) is 4.79 Å². The van der Waals surface area contributed by atoms with Crippen molar-refractivity contribution in [2.75, 3.05) is 63.1 Å². The second-order valence-electron chi connectivity index (χ2n) is 32.5. The number of nitrogens with zero attached hydrogens (tertiary/aromatic N) is 2. The highest BCUT2D eigenvalue weighted by Gasteiger charge is 2.45.